The van der Waals surface area contributed by atoms with Gasteiger partial charge < -0.3 is 10.1 Å². The van der Waals surface area contributed by atoms with Crippen molar-refractivity contribution in [3.63, 3.8) is 0 Å². The number of amides is 1. The fraction of sp³-hybridized carbons (Fsp3) is 0.857. The van der Waals surface area contributed by atoms with Crippen LogP contribution in [-0.4, -0.2) is 23.6 Å². The number of halogens is 1. The number of rotatable bonds is 3. The number of alkyl halides is 1. The van der Waals surface area contributed by atoms with E-state index in [1.807, 2.05) is 0 Å². The summed E-state index contributed by atoms with van der Waals surface area (Å²) in [7, 11) is 0. The first kappa shape index (κ1) is 8.84. The Morgan fingerprint density at radius 2 is 2.64 bits per heavy atom. The summed E-state index contributed by atoms with van der Waals surface area (Å²) >= 11 is 3.50. The molecule has 1 aliphatic heterocycles. The highest BCUT2D eigenvalue weighted by Gasteiger charge is 2.27. The molecule has 1 N–H and O–H groups in total. The summed E-state index contributed by atoms with van der Waals surface area (Å²) in [6, 6.07) is 0.155. The van der Waals surface area contributed by atoms with E-state index in [1.165, 1.54) is 0 Å². The van der Waals surface area contributed by atoms with Crippen molar-refractivity contribution in [2.24, 2.45) is 0 Å². The lowest BCUT2D eigenvalue weighted by molar-refractivity contribution is 0.176. The maximum Gasteiger partial charge on any atom is 0.407 e. The van der Waals surface area contributed by atoms with Crippen molar-refractivity contribution in [2.75, 3.05) is 6.61 Å². The molecule has 0 aromatic carbocycles. The van der Waals surface area contributed by atoms with Crippen LogP contribution in [0.5, 0.6) is 0 Å². The van der Waals surface area contributed by atoms with Gasteiger partial charge in [0.25, 0.3) is 0 Å². The Morgan fingerprint density at radius 1 is 1.91 bits per heavy atom. The fourth-order valence-electron chi connectivity index (χ4n) is 1.07. The highest BCUT2D eigenvalue weighted by atomic mass is 79.9. The molecule has 1 rings (SSSR count). The standard InChI is InChI=1S/C7H12BrNO2/c1-2-3-5(8)6-4-11-7(10)9-6/h5-6H,2-4H2,1H3,(H,9,10)/t5-,6-/m1/s1. The van der Waals surface area contributed by atoms with Crippen LogP contribution in [0.4, 0.5) is 4.79 Å². The molecule has 0 unspecified atom stereocenters. The molecule has 0 saturated carbocycles. The second-order valence-corrected chi connectivity index (χ2v) is 3.83. The summed E-state index contributed by atoms with van der Waals surface area (Å²) in [6.45, 7) is 2.61. The van der Waals surface area contributed by atoms with Gasteiger partial charge in [-0.1, -0.05) is 29.3 Å². The predicted octanol–water partition coefficient (Wildman–Crippen LogP) is 1.66. The summed E-state index contributed by atoms with van der Waals surface area (Å²) in [5, 5.41) is 2.73. The Bertz CT molecular complexity index is 151. The Kier molecular flexibility index (Phi) is 3.17. The monoisotopic (exact) mass is 221 g/mol. The number of hydrogen-bond donors (Lipinski definition) is 1. The molecular formula is C7H12BrNO2. The molecule has 4 heteroatoms. The van der Waals surface area contributed by atoms with Crippen LogP contribution < -0.4 is 5.32 Å². The molecule has 0 aliphatic carbocycles. The lowest BCUT2D eigenvalue weighted by Crippen LogP contribution is -2.34. The van der Waals surface area contributed by atoms with E-state index in [0.29, 0.717) is 11.4 Å². The van der Waals surface area contributed by atoms with E-state index in [1.54, 1.807) is 0 Å². The lowest BCUT2D eigenvalue weighted by Gasteiger charge is -2.13. The molecule has 1 amide bonds. The number of ether oxygens (including phenoxy) is 1. The molecule has 3 nitrogen and oxygen atoms in total. The minimum Gasteiger partial charge on any atom is -0.447 e. The van der Waals surface area contributed by atoms with Crippen molar-refractivity contribution < 1.29 is 9.53 Å². The minimum atomic E-state index is -0.296. The largest absolute Gasteiger partial charge is 0.447 e. The van der Waals surface area contributed by atoms with Crippen LogP contribution >= 0.6 is 15.9 Å². The number of carbonyl (C=O) groups is 1. The molecule has 1 fully saturated rings. The zero-order valence-corrected chi connectivity index (χ0v) is 8.06. The molecule has 11 heavy (non-hydrogen) atoms. The quantitative estimate of drug-likeness (QED) is 0.737. The van der Waals surface area contributed by atoms with Gasteiger partial charge in [0.1, 0.15) is 6.61 Å². The third-order valence-electron chi connectivity index (χ3n) is 1.70. The maximum absolute atomic E-state index is 10.6. The second-order valence-electron chi connectivity index (χ2n) is 2.65. The topological polar surface area (TPSA) is 38.3 Å². The van der Waals surface area contributed by atoms with Crippen LogP contribution in [0.25, 0.3) is 0 Å². The van der Waals surface area contributed by atoms with Gasteiger partial charge in [-0.05, 0) is 6.42 Å². The van der Waals surface area contributed by atoms with Crippen molar-refractivity contribution in [1.82, 2.24) is 5.32 Å². The number of nitrogens with one attached hydrogen (secondary N) is 1. The SMILES string of the molecule is CCC[C@@H](Br)[C@H]1COC(=O)N1. The van der Waals surface area contributed by atoms with Crippen molar-refractivity contribution in [3.8, 4) is 0 Å². The molecule has 1 heterocycles. The zero-order chi connectivity index (χ0) is 8.27. The van der Waals surface area contributed by atoms with E-state index in [9.17, 15) is 4.79 Å². The maximum atomic E-state index is 10.6. The third-order valence-corrected chi connectivity index (χ3v) is 2.79. The smallest absolute Gasteiger partial charge is 0.407 e. The van der Waals surface area contributed by atoms with Crippen LogP contribution in [0.2, 0.25) is 0 Å². The molecule has 0 aromatic rings. The summed E-state index contributed by atoms with van der Waals surface area (Å²) in [6.07, 6.45) is 1.88. The van der Waals surface area contributed by atoms with Crippen LogP contribution in [0.3, 0.4) is 0 Å². The zero-order valence-electron chi connectivity index (χ0n) is 6.47. The van der Waals surface area contributed by atoms with E-state index in [0.717, 1.165) is 12.8 Å². The minimum absolute atomic E-state index is 0.155. The Labute approximate surface area is 74.6 Å². The fourth-order valence-corrected chi connectivity index (χ4v) is 1.81. The number of alkyl carbamates (subject to hydrolysis) is 1. The average molecular weight is 222 g/mol. The van der Waals surface area contributed by atoms with E-state index in [-0.39, 0.29) is 12.1 Å². The van der Waals surface area contributed by atoms with Crippen molar-refractivity contribution >= 4 is 22.0 Å². The Morgan fingerprint density at radius 3 is 3.09 bits per heavy atom. The summed E-state index contributed by atoms with van der Waals surface area (Å²) < 4.78 is 4.75. The van der Waals surface area contributed by atoms with E-state index in [2.05, 4.69) is 28.2 Å². The molecule has 64 valence electrons. The highest BCUT2D eigenvalue weighted by molar-refractivity contribution is 9.09. The Balaban J connectivity index is 2.30. The van der Waals surface area contributed by atoms with Crippen LogP contribution in [-0.2, 0) is 4.74 Å². The van der Waals surface area contributed by atoms with Gasteiger partial charge in [-0.25, -0.2) is 4.79 Å². The van der Waals surface area contributed by atoms with Gasteiger partial charge in [-0.3, -0.25) is 0 Å². The van der Waals surface area contributed by atoms with Gasteiger partial charge in [0.05, 0.1) is 6.04 Å². The molecule has 1 aliphatic rings. The highest BCUT2D eigenvalue weighted by Crippen LogP contribution is 2.15. The summed E-state index contributed by atoms with van der Waals surface area (Å²) in [4.78, 5) is 11.0. The number of carbonyl (C=O) groups excluding carboxylic acids is 1. The van der Waals surface area contributed by atoms with Gasteiger partial charge in [-0.2, -0.15) is 0 Å². The third kappa shape index (κ3) is 2.36. The first-order chi connectivity index (χ1) is 5.24. The van der Waals surface area contributed by atoms with Crippen molar-refractivity contribution in [3.05, 3.63) is 0 Å². The first-order valence-corrected chi connectivity index (χ1v) is 4.73. The number of cyclic esters (lactones) is 1. The lowest BCUT2D eigenvalue weighted by atomic mass is 10.1. The molecule has 1 saturated heterocycles. The second kappa shape index (κ2) is 3.95. The predicted molar refractivity (Wildman–Crippen MR) is 45.9 cm³/mol. The van der Waals surface area contributed by atoms with E-state index in [4.69, 9.17) is 4.74 Å². The van der Waals surface area contributed by atoms with Crippen LogP contribution in [0.1, 0.15) is 19.8 Å². The van der Waals surface area contributed by atoms with E-state index < -0.39 is 0 Å². The average Bonchev–Trinajstić information content (AvgIpc) is 2.36. The molecule has 0 bridgehead atoms. The van der Waals surface area contributed by atoms with Gasteiger partial charge in [0.2, 0.25) is 0 Å². The van der Waals surface area contributed by atoms with Gasteiger partial charge in [-0.15, -0.1) is 0 Å². The van der Waals surface area contributed by atoms with Gasteiger partial charge in [0.15, 0.2) is 0 Å². The van der Waals surface area contributed by atoms with Crippen molar-refractivity contribution in [1.29, 1.82) is 0 Å². The van der Waals surface area contributed by atoms with Gasteiger partial charge in [0, 0.05) is 4.83 Å². The van der Waals surface area contributed by atoms with Crippen LogP contribution in [0, 0.1) is 0 Å². The van der Waals surface area contributed by atoms with Gasteiger partial charge >= 0.3 is 6.09 Å². The molecule has 0 aromatic heterocycles. The number of hydrogen-bond acceptors (Lipinski definition) is 2. The molecule has 0 radical (unpaired) electrons. The van der Waals surface area contributed by atoms with Crippen molar-refractivity contribution in [2.45, 2.75) is 30.6 Å². The molecular weight excluding hydrogens is 210 g/mol. The van der Waals surface area contributed by atoms with E-state index >= 15 is 0 Å². The summed E-state index contributed by atoms with van der Waals surface area (Å²) in [5.74, 6) is 0. The normalized spacial score (nSPS) is 26.0. The summed E-state index contributed by atoms with van der Waals surface area (Å²) in [5.41, 5.74) is 0. The molecule has 2 atom stereocenters. The molecule has 0 spiro atoms. The van der Waals surface area contributed by atoms with Crippen LogP contribution in [0.15, 0.2) is 0 Å². The first-order valence-electron chi connectivity index (χ1n) is 3.81. The Hall–Kier alpha value is -0.250.